The molecule has 0 radical (unpaired) electrons. The van der Waals surface area contributed by atoms with Gasteiger partial charge in [-0.05, 0) is 43.7 Å². The van der Waals surface area contributed by atoms with Gasteiger partial charge in [0.05, 0.1) is 19.2 Å². The molecule has 1 saturated heterocycles. The normalized spacial score (nSPS) is 17.4. The van der Waals surface area contributed by atoms with Crippen LogP contribution >= 0.6 is 0 Å². The minimum atomic E-state index is -0.0257. The lowest BCUT2D eigenvalue weighted by Crippen LogP contribution is -2.24. The zero-order chi connectivity index (χ0) is 19.2. The van der Waals surface area contributed by atoms with Crippen LogP contribution in [0.2, 0.25) is 0 Å². The Balaban J connectivity index is 1.56. The van der Waals surface area contributed by atoms with Gasteiger partial charge in [0, 0.05) is 31.6 Å². The van der Waals surface area contributed by atoms with Crippen LogP contribution < -0.4 is 19.7 Å². The summed E-state index contributed by atoms with van der Waals surface area (Å²) in [5.74, 6) is 1.74. The maximum absolute atomic E-state index is 11.2. The smallest absolute Gasteiger partial charge is 0.217 e. The summed E-state index contributed by atoms with van der Waals surface area (Å²) in [7, 11) is 0. The minimum absolute atomic E-state index is 0.00358. The first kappa shape index (κ1) is 19.1. The molecule has 27 heavy (non-hydrogen) atoms. The van der Waals surface area contributed by atoms with E-state index in [9.17, 15) is 4.79 Å². The van der Waals surface area contributed by atoms with E-state index in [1.807, 2.05) is 50.2 Å². The van der Waals surface area contributed by atoms with Crippen molar-refractivity contribution in [3.05, 3.63) is 54.1 Å². The molecule has 0 aromatic heterocycles. The van der Waals surface area contributed by atoms with Crippen LogP contribution in [0.1, 0.15) is 38.8 Å². The molecular weight excluding hydrogens is 340 g/mol. The Morgan fingerprint density at radius 3 is 2.70 bits per heavy atom. The minimum Gasteiger partial charge on any atom is -0.494 e. The monoisotopic (exact) mass is 368 g/mol. The van der Waals surface area contributed by atoms with Gasteiger partial charge in [0.25, 0.3) is 0 Å². The van der Waals surface area contributed by atoms with Crippen LogP contribution in [0.4, 0.5) is 5.69 Å². The molecule has 1 amide bonds. The predicted octanol–water partition coefficient (Wildman–Crippen LogP) is 3.94. The Labute approximate surface area is 161 Å². The van der Waals surface area contributed by atoms with Crippen LogP contribution in [-0.4, -0.2) is 31.7 Å². The number of rotatable bonds is 7. The number of nitrogens with zero attached hydrogens (tertiary/aromatic N) is 1. The average molecular weight is 368 g/mol. The van der Waals surface area contributed by atoms with Gasteiger partial charge in [-0.25, -0.2) is 0 Å². The second-order valence-corrected chi connectivity index (χ2v) is 6.90. The Morgan fingerprint density at radius 1 is 1.22 bits per heavy atom. The summed E-state index contributed by atoms with van der Waals surface area (Å²) in [6.45, 7) is 8.00. The van der Waals surface area contributed by atoms with E-state index >= 15 is 0 Å². The zero-order valence-electron chi connectivity index (χ0n) is 16.3. The third-order valence-corrected chi connectivity index (χ3v) is 4.74. The summed E-state index contributed by atoms with van der Waals surface area (Å²) in [5.41, 5.74) is 2.24. The lowest BCUT2D eigenvalue weighted by molar-refractivity contribution is -0.119. The Hall–Kier alpha value is -2.69. The molecule has 2 atom stereocenters. The number of amides is 1. The summed E-state index contributed by atoms with van der Waals surface area (Å²) in [6.07, 6.45) is 1.16. The summed E-state index contributed by atoms with van der Waals surface area (Å²) in [4.78, 5) is 13.5. The van der Waals surface area contributed by atoms with Gasteiger partial charge >= 0.3 is 0 Å². The molecule has 2 aromatic rings. The van der Waals surface area contributed by atoms with E-state index in [4.69, 9.17) is 9.47 Å². The Morgan fingerprint density at radius 2 is 2.00 bits per heavy atom. The van der Waals surface area contributed by atoms with E-state index in [2.05, 4.69) is 22.3 Å². The predicted molar refractivity (Wildman–Crippen MR) is 108 cm³/mol. The molecule has 1 aliphatic heterocycles. The summed E-state index contributed by atoms with van der Waals surface area (Å²) >= 11 is 0. The molecule has 1 aliphatic rings. The highest BCUT2D eigenvalue weighted by molar-refractivity contribution is 5.73. The van der Waals surface area contributed by atoms with E-state index < -0.39 is 0 Å². The van der Waals surface area contributed by atoms with Crippen molar-refractivity contribution < 1.29 is 14.3 Å². The summed E-state index contributed by atoms with van der Waals surface area (Å²) in [5, 5.41) is 2.89. The van der Waals surface area contributed by atoms with E-state index in [0.717, 1.165) is 36.6 Å². The van der Waals surface area contributed by atoms with Crippen molar-refractivity contribution in [3.63, 3.8) is 0 Å². The number of carbonyl (C=O) groups is 1. The van der Waals surface area contributed by atoms with E-state index in [1.54, 1.807) is 0 Å². The molecule has 1 fully saturated rings. The zero-order valence-corrected chi connectivity index (χ0v) is 16.3. The second kappa shape index (κ2) is 8.80. The number of hydrogen-bond acceptors (Lipinski definition) is 4. The van der Waals surface area contributed by atoms with Crippen LogP contribution in [0.3, 0.4) is 0 Å². The highest BCUT2D eigenvalue weighted by Crippen LogP contribution is 2.27. The molecule has 5 heteroatoms. The van der Waals surface area contributed by atoms with Gasteiger partial charge < -0.3 is 19.7 Å². The molecule has 1 heterocycles. The molecular formula is C22H28N2O3. The van der Waals surface area contributed by atoms with Crippen molar-refractivity contribution in [2.75, 3.05) is 24.6 Å². The lowest BCUT2D eigenvalue weighted by atomic mass is 10.1. The SMILES string of the molecule is CCOc1cccc(N2CC[C@H](Oc3ccc([C@H](C)NC(C)=O)cc3)C2)c1. The maximum atomic E-state index is 11.2. The third kappa shape index (κ3) is 5.16. The third-order valence-electron chi connectivity index (χ3n) is 4.74. The van der Waals surface area contributed by atoms with Crippen molar-refractivity contribution in [2.24, 2.45) is 0 Å². The molecule has 3 rings (SSSR count). The van der Waals surface area contributed by atoms with Gasteiger partial charge in [-0.1, -0.05) is 18.2 Å². The molecule has 144 valence electrons. The first-order valence-electron chi connectivity index (χ1n) is 9.56. The quantitative estimate of drug-likeness (QED) is 0.804. The molecule has 2 aromatic carbocycles. The number of benzene rings is 2. The molecule has 5 nitrogen and oxygen atoms in total. The number of carbonyl (C=O) groups excluding carboxylic acids is 1. The van der Waals surface area contributed by atoms with Gasteiger partial charge in [0.2, 0.25) is 5.91 Å². The number of ether oxygens (including phenoxy) is 2. The van der Waals surface area contributed by atoms with Crippen molar-refractivity contribution in [1.82, 2.24) is 5.32 Å². The fourth-order valence-electron chi connectivity index (χ4n) is 3.41. The lowest BCUT2D eigenvalue weighted by Gasteiger charge is -2.20. The van der Waals surface area contributed by atoms with Crippen LogP contribution in [0.25, 0.3) is 0 Å². The van der Waals surface area contributed by atoms with Gasteiger partial charge in [-0.3, -0.25) is 4.79 Å². The molecule has 1 N–H and O–H groups in total. The maximum Gasteiger partial charge on any atom is 0.217 e. The van der Waals surface area contributed by atoms with Gasteiger partial charge in [-0.2, -0.15) is 0 Å². The fraction of sp³-hybridized carbons (Fsp3) is 0.409. The van der Waals surface area contributed by atoms with Crippen LogP contribution in [-0.2, 0) is 4.79 Å². The Bertz CT molecular complexity index is 760. The fourth-order valence-corrected chi connectivity index (χ4v) is 3.41. The van der Waals surface area contributed by atoms with Crippen LogP contribution in [0.15, 0.2) is 48.5 Å². The highest BCUT2D eigenvalue weighted by Gasteiger charge is 2.24. The number of nitrogens with one attached hydrogen (secondary N) is 1. The van der Waals surface area contributed by atoms with Crippen LogP contribution in [0.5, 0.6) is 11.5 Å². The molecule has 0 bridgehead atoms. The topological polar surface area (TPSA) is 50.8 Å². The van der Waals surface area contributed by atoms with E-state index in [0.29, 0.717) is 6.61 Å². The van der Waals surface area contributed by atoms with Crippen molar-refractivity contribution in [1.29, 1.82) is 0 Å². The highest BCUT2D eigenvalue weighted by atomic mass is 16.5. The van der Waals surface area contributed by atoms with Crippen molar-refractivity contribution in [3.8, 4) is 11.5 Å². The van der Waals surface area contributed by atoms with Gasteiger partial charge in [0.15, 0.2) is 0 Å². The average Bonchev–Trinajstić information content (AvgIpc) is 3.11. The first-order chi connectivity index (χ1) is 13.0. The molecule has 0 spiro atoms. The largest absolute Gasteiger partial charge is 0.494 e. The number of hydrogen-bond donors (Lipinski definition) is 1. The first-order valence-corrected chi connectivity index (χ1v) is 9.56. The van der Waals surface area contributed by atoms with Gasteiger partial charge in [-0.15, -0.1) is 0 Å². The molecule has 0 unspecified atom stereocenters. The van der Waals surface area contributed by atoms with Gasteiger partial charge in [0.1, 0.15) is 17.6 Å². The summed E-state index contributed by atoms with van der Waals surface area (Å²) in [6, 6.07) is 16.2. The standard InChI is InChI=1S/C22H28N2O3/c1-4-26-21-7-5-6-19(14-21)24-13-12-22(15-24)27-20-10-8-18(9-11-20)16(2)23-17(3)25/h5-11,14,16,22H,4,12-13,15H2,1-3H3,(H,23,25)/t16-,22-/m0/s1. The molecule has 0 aliphatic carbocycles. The molecule has 0 saturated carbocycles. The van der Waals surface area contributed by atoms with E-state index in [1.165, 1.54) is 12.6 Å². The van der Waals surface area contributed by atoms with Crippen molar-refractivity contribution in [2.45, 2.75) is 39.3 Å². The van der Waals surface area contributed by atoms with Crippen molar-refractivity contribution >= 4 is 11.6 Å². The van der Waals surface area contributed by atoms with E-state index in [-0.39, 0.29) is 18.1 Å². The second-order valence-electron chi connectivity index (χ2n) is 6.90. The van der Waals surface area contributed by atoms with Crippen LogP contribution in [0, 0.1) is 0 Å². The Kier molecular flexibility index (Phi) is 6.22. The number of anilines is 1. The summed E-state index contributed by atoms with van der Waals surface area (Å²) < 4.78 is 11.8.